The zero-order chi connectivity index (χ0) is 48.2. The van der Waals surface area contributed by atoms with Crippen molar-refractivity contribution in [3.8, 4) is 0 Å². The summed E-state index contributed by atoms with van der Waals surface area (Å²) in [5.41, 5.74) is 0. The average molecular weight is 1120 g/mol. The second-order valence-electron chi connectivity index (χ2n) is 19.6. The van der Waals surface area contributed by atoms with Crippen molar-refractivity contribution in [3.05, 3.63) is 65.2 Å². The first-order valence-electron chi connectivity index (χ1n) is 24.7. The number of cyclic esters (lactones) is 2. The molecule has 5 aliphatic heterocycles. The van der Waals surface area contributed by atoms with Gasteiger partial charge in [0.25, 0.3) is 0 Å². The van der Waals surface area contributed by atoms with Crippen LogP contribution in [0.5, 0.6) is 0 Å². The van der Waals surface area contributed by atoms with Crippen LogP contribution in [0.2, 0.25) is 0 Å². The number of fused-ring (bicyclic) bond motifs is 4. The van der Waals surface area contributed by atoms with Crippen LogP contribution < -0.4 is 0 Å². The van der Waals surface area contributed by atoms with Crippen molar-refractivity contribution < 1.29 is 61.8 Å². The van der Waals surface area contributed by atoms with Crippen LogP contribution >= 0.6 is 15.9 Å². The molecular formula is C58H101BrO13S. The van der Waals surface area contributed by atoms with E-state index in [0.717, 1.165) is 113 Å². The molecule has 5 aliphatic carbocycles. The van der Waals surface area contributed by atoms with Crippen molar-refractivity contribution >= 4 is 43.5 Å². The summed E-state index contributed by atoms with van der Waals surface area (Å²) in [5, 5.41) is 27.0. The predicted molar refractivity (Wildman–Crippen MR) is 299 cm³/mol. The smallest absolute Gasteiger partial charge is 0.317 e. The number of carbonyl (C=O) groups is 3. The number of aliphatic hydroxyl groups is 3. The molecule has 2 unspecified atom stereocenters. The minimum absolute atomic E-state index is 0. The number of hydrogen-bond donors (Lipinski definition) is 3. The molecule has 13 nitrogen and oxygen atoms in total. The van der Waals surface area contributed by atoms with Crippen molar-refractivity contribution in [2.45, 2.75) is 158 Å². The van der Waals surface area contributed by atoms with Crippen molar-refractivity contribution in [1.82, 2.24) is 0 Å². The molecule has 5 heterocycles. The molecule has 0 bridgehead atoms. The molecule has 5 saturated heterocycles. The lowest BCUT2D eigenvalue weighted by Gasteiger charge is -2.26. The van der Waals surface area contributed by atoms with Gasteiger partial charge >= 0.3 is 11.9 Å². The summed E-state index contributed by atoms with van der Waals surface area (Å²) in [4.78, 5) is 33.2. The lowest BCUT2D eigenvalue weighted by molar-refractivity contribution is -0.153. The molecule has 2 saturated carbocycles. The van der Waals surface area contributed by atoms with Crippen molar-refractivity contribution in [1.29, 1.82) is 0 Å². The Morgan fingerprint density at radius 1 is 0.589 bits per heavy atom. The highest BCUT2D eigenvalue weighted by Crippen LogP contribution is 2.36. The second-order valence-corrected chi connectivity index (χ2v) is 22.6. The Labute approximate surface area is 451 Å². The van der Waals surface area contributed by atoms with Gasteiger partial charge in [0.2, 0.25) is 0 Å². The summed E-state index contributed by atoms with van der Waals surface area (Å²) in [5.74, 6) is 4.38. The van der Waals surface area contributed by atoms with Crippen LogP contribution in [0.3, 0.4) is 0 Å². The van der Waals surface area contributed by atoms with Crippen LogP contribution in [0.15, 0.2) is 70.1 Å². The Balaban J connectivity index is 0. The highest BCUT2D eigenvalue weighted by molar-refractivity contribution is 9.10. The predicted octanol–water partition coefficient (Wildman–Crippen LogP) is 11.5. The maximum atomic E-state index is 11.0. The van der Waals surface area contributed by atoms with E-state index in [1.54, 1.807) is 24.3 Å². The molecule has 1 aromatic carbocycles. The van der Waals surface area contributed by atoms with Gasteiger partial charge in [-0.3, -0.25) is 14.4 Å². The van der Waals surface area contributed by atoms with E-state index < -0.39 is 9.84 Å². The van der Waals surface area contributed by atoms with Crippen molar-refractivity contribution in [2.24, 2.45) is 59.2 Å². The Morgan fingerprint density at radius 3 is 1.49 bits per heavy atom. The molecule has 1 aromatic rings. The van der Waals surface area contributed by atoms with Crippen LogP contribution in [0.4, 0.5) is 0 Å². The molecule has 0 radical (unpaired) electrons. The number of allylic oxidation sites excluding steroid dienone is 6. The van der Waals surface area contributed by atoms with Crippen LogP contribution in [0.1, 0.15) is 141 Å². The summed E-state index contributed by atoms with van der Waals surface area (Å²) >= 11 is 3.22. The first-order valence-corrected chi connectivity index (χ1v) is 27.4. The molecular weight excluding hydrogens is 1020 g/mol. The molecule has 0 aromatic heterocycles. The Hall–Kier alpha value is -2.60. The lowest BCUT2D eigenvalue weighted by Crippen LogP contribution is -2.26. The number of ether oxygens (including phenoxy) is 5. The van der Waals surface area contributed by atoms with Gasteiger partial charge in [0, 0.05) is 63.2 Å². The Bertz CT molecular complexity index is 1810. The third kappa shape index (κ3) is 24.5. The number of esters is 2. The third-order valence-corrected chi connectivity index (χ3v) is 16.2. The van der Waals surface area contributed by atoms with E-state index in [1.165, 1.54) is 38.4 Å². The number of halogens is 1. The number of aliphatic hydroxyl groups excluding tert-OH is 3. The van der Waals surface area contributed by atoms with Crippen molar-refractivity contribution in [3.63, 3.8) is 0 Å². The molecule has 0 amide bonds. The van der Waals surface area contributed by atoms with Crippen LogP contribution in [0.25, 0.3) is 0 Å². The SMILES string of the molecule is C.C.C.C.C.C.C1=CC[C@H]2COC[C@H]2C1.CC1CCCO1.CS(=O)(=O)c1ccc(Br)cc1.O=C1CC[C@H]2COC[C@H]2C1.O=C1OC(=O)[C@@H]2CC=CC[C@H]12.OC1CC[C@H]2COC[C@H]2C1.OC[C@@H]1CC=CC[C@@H]1CO. The number of rotatable bonds is 3. The summed E-state index contributed by atoms with van der Waals surface area (Å²) in [7, 11) is -3.04. The van der Waals surface area contributed by atoms with E-state index >= 15 is 0 Å². The molecule has 0 spiro atoms. The number of benzene rings is 1. The highest BCUT2D eigenvalue weighted by atomic mass is 79.9. The summed E-state index contributed by atoms with van der Waals surface area (Å²) in [6, 6.07) is 6.55. The highest BCUT2D eigenvalue weighted by Gasteiger charge is 2.44. The molecule has 12 atom stereocenters. The van der Waals surface area contributed by atoms with E-state index in [4.69, 9.17) is 29.2 Å². The van der Waals surface area contributed by atoms with Gasteiger partial charge in [-0.15, -0.1) is 0 Å². The number of sulfone groups is 1. The molecule has 15 heteroatoms. The van der Waals surface area contributed by atoms with Gasteiger partial charge in [-0.25, -0.2) is 8.42 Å². The van der Waals surface area contributed by atoms with Gasteiger partial charge in [0.05, 0.1) is 48.8 Å². The van der Waals surface area contributed by atoms with Crippen LogP contribution in [-0.2, 0) is 47.9 Å². The van der Waals surface area contributed by atoms with E-state index in [1.807, 2.05) is 12.2 Å². The largest absolute Gasteiger partial charge is 0.396 e. The van der Waals surface area contributed by atoms with Crippen molar-refractivity contribution in [2.75, 3.05) is 65.7 Å². The number of carbonyl (C=O) groups excluding carboxylic acids is 3. The average Bonchev–Trinajstić information content (AvgIpc) is 4.21. The number of ketones is 1. The van der Waals surface area contributed by atoms with E-state index in [0.29, 0.717) is 47.4 Å². The van der Waals surface area contributed by atoms with Gasteiger partial charge < -0.3 is 39.0 Å². The molecule has 73 heavy (non-hydrogen) atoms. The van der Waals surface area contributed by atoms with E-state index in [-0.39, 0.29) is 99.5 Å². The molecule has 3 N–H and O–H groups in total. The van der Waals surface area contributed by atoms with Crippen LogP contribution in [0, 0.1) is 59.2 Å². The summed E-state index contributed by atoms with van der Waals surface area (Å²) in [6.45, 7) is 9.09. The summed E-state index contributed by atoms with van der Waals surface area (Å²) < 4.78 is 48.3. The van der Waals surface area contributed by atoms with Gasteiger partial charge in [0.15, 0.2) is 9.84 Å². The van der Waals surface area contributed by atoms with E-state index in [2.05, 4.69) is 51.9 Å². The van der Waals surface area contributed by atoms with Gasteiger partial charge in [-0.1, -0.05) is 96.9 Å². The standard InChI is InChI=1S/C8H8O3.C8H14O2.C8H12O2.C8H14O2.C8H12O.C7H7BrO2S.C5H10O.6CH4/c9-7-5-3-1-2-4-6(5)8(10)11-7;2*9-8-2-1-6-4-10-5-7(6)3-8;9-5-7-3-1-2-4-8(7)6-10;1-2-4-8-6-9-5-7(8)3-1;1-11(9,10)7-4-2-6(8)3-5-7;1-5-3-2-4-6-5;;;;;;/h1-2,5-6H,3-4H2;6-9H,1-5H2;6-7H,1-5H2;1-2,7-10H,3-6H2;1-2,7-8H,3-6H2;2-5H,1H3;5H,2-4H2,1H3;6*1H4/t5-,6+;6-,7+,8?;6-,7+;2*7-,8+;;;;;;;;/m.00........../s1. The Kier molecular flexibility index (Phi) is 37.8. The first kappa shape index (κ1) is 72.5. The van der Waals surface area contributed by atoms with Crippen LogP contribution in [-0.4, -0.2) is 119 Å². The zero-order valence-electron chi connectivity index (χ0n) is 39.7. The molecule has 424 valence electrons. The summed E-state index contributed by atoms with van der Waals surface area (Å²) in [6.07, 6.45) is 28.3. The quantitative estimate of drug-likeness (QED) is 0.147. The topological polar surface area (TPSA) is 192 Å². The molecule has 7 fully saturated rings. The molecule has 10 aliphatic rings. The third-order valence-electron chi connectivity index (χ3n) is 14.6. The Morgan fingerprint density at radius 2 is 1.04 bits per heavy atom. The first-order chi connectivity index (χ1) is 32.2. The van der Waals surface area contributed by atoms with Gasteiger partial charge in [-0.2, -0.15) is 0 Å². The second kappa shape index (κ2) is 38.0. The maximum Gasteiger partial charge on any atom is 0.317 e. The minimum atomic E-state index is -3.04. The number of hydrogen-bond acceptors (Lipinski definition) is 13. The van der Waals surface area contributed by atoms with Gasteiger partial charge in [-0.05, 0) is 156 Å². The lowest BCUT2D eigenvalue weighted by atomic mass is 9.80. The fraction of sp³-hybridized carbons (Fsp3) is 0.741. The fourth-order valence-electron chi connectivity index (χ4n) is 10.1. The minimum Gasteiger partial charge on any atom is -0.396 e. The maximum absolute atomic E-state index is 11.0. The molecule has 11 rings (SSSR count). The van der Waals surface area contributed by atoms with Gasteiger partial charge in [0.1, 0.15) is 5.78 Å². The number of Topliss-reactive ketones (excluding diaryl/α,β-unsaturated/α-hetero) is 1. The normalized spacial score (nSPS) is 31.3. The zero-order valence-corrected chi connectivity index (χ0v) is 42.1. The monoisotopic (exact) mass is 1120 g/mol. The fourth-order valence-corrected chi connectivity index (χ4v) is 11.0. The van der Waals surface area contributed by atoms with E-state index in [9.17, 15) is 27.9 Å².